The molecule has 0 saturated carbocycles. The molecule has 0 fully saturated rings. The number of aromatic hydroxyl groups is 1. The largest absolute Gasteiger partial charge is 0.508 e. The number of phenolic OH excluding ortho intramolecular Hbond substituents is 1. The van der Waals surface area contributed by atoms with Gasteiger partial charge < -0.3 is 21.3 Å². The zero-order valence-corrected chi connectivity index (χ0v) is 21.8. The van der Waals surface area contributed by atoms with Gasteiger partial charge in [-0.25, -0.2) is 0 Å². The highest BCUT2D eigenvalue weighted by Gasteiger charge is 2.22. The Morgan fingerprint density at radius 3 is 2.35 bits per heavy atom. The molecule has 3 aromatic carbocycles. The quantitative estimate of drug-likeness (QED) is 0.114. The van der Waals surface area contributed by atoms with Crippen LogP contribution in [0.2, 0.25) is 0 Å². The highest BCUT2D eigenvalue weighted by Crippen LogP contribution is 2.19. The van der Waals surface area contributed by atoms with Gasteiger partial charge in [-0.05, 0) is 85.7 Å². The fourth-order valence-electron chi connectivity index (χ4n) is 4.38. The Kier molecular flexibility index (Phi) is 11.5. The first-order valence-electron chi connectivity index (χ1n) is 13.4. The summed E-state index contributed by atoms with van der Waals surface area (Å²) in [4.78, 5) is 13.2. The lowest BCUT2D eigenvalue weighted by Crippen LogP contribution is -2.50. The van der Waals surface area contributed by atoms with E-state index in [0.717, 1.165) is 43.2 Å². The van der Waals surface area contributed by atoms with E-state index >= 15 is 0 Å². The Bertz CT molecular complexity index is 1090. The number of phenols is 1. The van der Waals surface area contributed by atoms with Gasteiger partial charge in [0.15, 0.2) is 0 Å². The second-order valence-corrected chi connectivity index (χ2v) is 9.64. The smallest absolute Gasteiger partial charge is 0.251 e. The molecule has 198 valence electrons. The lowest BCUT2D eigenvalue weighted by Gasteiger charge is -2.25. The first-order valence-corrected chi connectivity index (χ1v) is 13.4. The van der Waals surface area contributed by atoms with Crippen molar-refractivity contribution in [2.75, 3.05) is 12.3 Å². The summed E-state index contributed by atoms with van der Waals surface area (Å²) in [5.41, 5.74) is 10.5. The first-order chi connectivity index (χ1) is 18.0. The van der Waals surface area contributed by atoms with E-state index in [2.05, 4.69) is 29.7 Å². The fourth-order valence-corrected chi connectivity index (χ4v) is 4.38. The number of hydrogen-bond acceptors (Lipinski definition) is 5. The molecule has 1 unspecified atom stereocenters. The van der Waals surface area contributed by atoms with Crippen LogP contribution in [0.5, 0.6) is 5.75 Å². The fraction of sp³-hybridized carbons (Fsp3) is 0.387. The van der Waals surface area contributed by atoms with Crippen molar-refractivity contribution in [3.8, 4) is 5.75 Å². The summed E-state index contributed by atoms with van der Waals surface area (Å²) < 4.78 is 0. The van der Waals surface area contributed by atoms with Crippen molar-refractivity contribution in [1.29, 1.82) is 0 Å². The SMILES string of the molecule is CCCCCCNC(O)[C@H](CCc1ccccc1)NC(=O)c1ccc(N)c(CCc2ccc(O)cc2)c1. The number of aliphatic hydroxyl groups excluding tert-OH is 1. The number of anilines is 1. The number of nitrogens with one attached hydrogen (secondary N) is 2. The summed E-state index contributed by atoms with van der Waals surface area (Å²) >= 11 is 0. The topological polar surface area (TPSA) is 108 Å². The van der Waals surface area contributed by atoms with E-state index in [-0.39, 0.29) is 11.7 Å². The number of nitrogens with two attached hydrogens (primary N) is 1. The number of carbonyl (C=O) groups is 1. The van der Waals surface area contributed by atoms with Crippen LogP contribution >= 0.6 is 0 Å². The molecule has 0 bridgehead atoms. The van der Waals surface area contributed by atoms with E-state index in [9.17, 15) is 15.0 Å². The highest BCUT2D eigenvalue weighted by atomic mass is 16.3. The Balaban J connectivity index is 1.65. The predicted molar refractivity (Wildman–Crippen MR) is 151 cm³/mol. The van der Waals surface area contributed by atoms with Crippen LogP contribution < -0.4 is 16.4 Å². The zero-order chi connectivity index (χ0) is 26.5. The van der Waals surface area contributed by atoms with E-state index in [1.165, 1.54) is 12.0 Å². The predicted octanol–water partition coefficient (Wildman–Crippen LogP) is 4.98. The molecule has 1 amide bonds. The first kappa shape index (κ1) is 28.2. The van der Waals surface area contributed by atoms with Crippen molar-refractivity contribution in [3.05, 3.63) is 95.1 Å². The van der Waals surface area contributed by atoms with Crippen LogP contribution in [0, 0.1) is 0 Å². The van der Waals surface area contributed by atoms with Crippen molar-refractivity contribution in [1.82, 2.24) is 10.6 Å². The number of carbonyl (C=O) groups excluding carboxylic acids is 1. The van der Waals surface area contributed by atoms with Crippen molar-refractivity contribution in [2.45, 2.75) is 70.6 Å². The second-order valence-electron chi connectivity index (χ2n) is 9.64. The average molecular weight is 504 g/mol. The van der Waals surface area contributed by atoms with Gasteiger partial charge >= 0.3 is 0 Å². The number of unbranched alkanes of at least 4 members (excludes halogenated alkanes) is 3. The molecular weight excluding hydrogens is 462 g/mol. The number of rotatable bonds is 15. The maximum absolute atomic E-state index is 13.2. The molecule has 0 aromatic heterocycles. The Morgan fingerprint density at radius 2 is 1.62 bits per heavy atom. The van der Waals surface area contributed by atoms with Gasteiger partial charge in [-0.1, -0.05) is 68.7 Å². The van der Waals surface area contributed by atoms with Crippen molar-refractivity contribution < 1.29 is 15.0 Å². The number of benzene rings is 3. The maximum atomic E-state index is 13.2. The summed E-state index contributed by atoms with van der Waals surface area (Å²) in [5.74, 6) is 0.0113. The summed E-state index contributed by atoms with van der Waals surface area (Å²) in [6.07, 6.45) is 6.41. The molecule has 6 N–H and O–H groups in total. The highest BCUT2D eigenvalue weighted by molar-refractivity contribution is 5.95. The number of nitrogen functional groups attached to an aromatic ring is 1. The summed E-state index contributed by atoms with van der Waals surface area (Å²) in [7, 11) is 0. The van der Waals surface area contributed by atoms with Crippen molar-refractivity contribution >= 4 is 11.6 Å². The number of aliphatic hydroxyl groups is 1. The van der Waals surface area contributed by atoms with Crippen molar-refractivity contribution in [3.63, 3.8) is 0 Å². The van der Waals surface area contributed by atoms with E-state index in [1.807, 2.05) is 36.4 Å². The lowest BCUT2D eigenvalue weighted by molar-refractivity contribution is 0.0715. The minimum absolute atomic E-state index is 0.226. The summed E-state index contributed by atoms with van der Waals surface area (Å²) in [6.45, 7) is 2.88. The van der Waals surface area contributed by atoms with Gasteiger partial charge in [-0.15, -0.1) is 0 Å². The van der Waals surface area contributed by atoms with E-state index < -0.39 is 12.3 Å². The molecule has 6 heteroatoms. The number of amides is 1. The van der Waals surface area contributed by atoms with Gasteiger partial charge in [0.2, 0.25) is 0 Å². The summed E-state index contributed by atoms with van der Waals surface area (Å²) in [5, 5.41) is 26.7. The Morgan fingerprint density at radius 1 is 0.892 bits per heavy atom. The van der Waals surface area contributed by atoms with Gasteiger partial charge in [-0.2, -0.15) is 0 Å². The molecule has 0 radical (unpaired) electrons. The molecule has 3 rings (SSSR count). The Hall–Kier alpha value is -3.35. The van der Waals surface area contributed by atoms with Crippen LogP contribution in [-0.2, 0) is 19.3 Å². The molecular formula is C31H41N3O3. The van der Waals surface area contributed by atoms with Gasteiger partial charge in [0.25, 0.3) is 5.91 Å². The third kappa shape index (κ3) is 9.56. The number of hydrogen-bond donors (Lipinski definition) is 5. The van der Waals surface area contributed by atoms with Crippen LogP contribution in [-0.4, -0.2) is 34.9 Å². The molecule has 6 nitrogen and oxygen atoms in total. The molecule has 0 heterocycles. The average Bonchev–Trinajstić information content (AvgIpc) is 2.91. The Labute approximate surface area is 220 Å². The van der Waals surface area contributed by atoms with Gasteiger partial charge in [0.1, 0.15) is 12.0 Å². The van der Waals surface area contributed by atoms with Crippen LogP contribution in [0.25, 0.3) is 0 Å². The molecule has 37 heavy (non-hydrogen) atoms. The third-order valence-corrected chi connectivity index (χ3v) is 6.69. The van der Waals surface area contributed by atoms with Crippen LogP contribution in [0.1, 0.15) is 66.1 Å². The van der Waals surface area contributed by atoms with Crippen LogP contribution in [0.15, 0.2) is 72.8 Å². The lowest BCUT2D eigenvalue weighted by atomic mass is 10.00. The minimum atomic E-state index is -0.836. The molecule has 0 spiro atoms. The second kappa shape index (κ2) is 15.0. The monoisotopic (exact) mass is 503 g/mol. The minimum Gasteiger partial charge on any atom is -0.508 e. The van der Waals surface area contributed by atoms with Gasteiger partial charge in [0.05, 0.1) is 6.04 Å². The van der Waals surface area contributed by atoms with Crippen LogP contribution in [0.4, 0.5) is 5.69 Å². The third-order valence-electron chi connectivity index (χ3n) is 6.69. The summed E-state index contributed by atoms with van der Waals surface area (Å²) in [6, 6.07) is 22.1. The number of aryl methyl sites for hydroxylation is 3. The van der Waals surface area contributed by atoms with E-state index in [4.69, 9.17) is 5.73 Å². The van der Waals surface area contributed by atoms with Crippen molar-refractivity contribution in [2.24, 2.45) is 0 Å². The van der Waals surface area contributed by atoms with Gasteiger partial charge in [-0.3, -0.25) is 10.1 Å². The standard InChI is InChI=1S/C31H41N3O3/c1-2-3-4-8-21-33-31(37)29(20-14-23-9-6-5-7-10-23)34-30(36)26-16-19-28(32)25(22-26)15-11-24-12-17-27(35)18-13-24/h5-7,9-10,12-13,16-19,22,29,31,33,35,37H,2-4,8,11,14-15,20-21,32H2,1H3,(H,34,36)/t29-,31?/m0/s1. The maximum Gasteiger partial charge on any atom is 0.251 e. The van der Waals surface area contributed by atoms with Crippen LogP contribution in [0.3, 0.4) is 0 Å². The molecule has 3 aromatic rings. The van der Waals surface area contributed by atoms with E-state index in [0.29, 0.717) is 30.6 Å². The molecule has 0 saturated heterocycles. The molecule has 0 aliphatic rings. The normalized spacial score (nSPS) is 12.7. The van der Waals surface area contributed by atoms with E-state index in [1.54, 1.807) is 24.3 Å². The molecule has 0 aliphatic carbocycles. The molecule has 0 aliphatic heterocycles. The van der Waals surface area contributed by atoms with Gasteiger partial charge in [0, 0.05) is 11.3 Å². The molecule has 2 atom stereocenters. The zero-order valence-electron chi connectivity index (χ0n) is 21.8.